The molecule has 0 heterocycles. The Balaban J connectivity index is 2.75. The monoisotopic (exact) mass is 267 g/mol. The lowest BCUT2D eigenvalue weighted by Gasteiger charge is -2.12. The molecule has 19 heavy (non-hydrogen) atoms. The molecule has 0 bridgehead atoms. The first-order valence-corrected chi connectivity index (χ1v) is 5.39. The smallest absolute Gasteiger partial charge is 0.326 e. The molecule has 0 aliphatic carbocycles. The number of hydrogen-bond donors (Lipinski definition) is 4. The third kappa shape index (κ3) is 4.40. The van der Waals surface area contributed by atoms with Crippen molar-refractivity contribution < 1.29 is 29.7 Å². The van der Waals surface area contributed by atoms with Crippen molar-refractivity contribution in [3.63, 3.8) is 0 Å². The van der Waals surface area contributed by atoms with E-state index in [2.05, 4.69) is 5.32 Å². The number of carboxylic acid groups (broad SMARTS) is 2. The summed E-state index contributed by atoms with van der Waals surface area (Å²) < 4.78 is 0. The summed E-state index contributed by atoms with van der Waals surface area (Å²) in [6, 6.07) is 4.38. The Labute approximate surface area is 108 Å². The van der Waals surface area contributed by atoms with E-state index in [9.17, 15) is 14.4 Å². The van der Waals surface area contributed by atoms with Crippen molar-refractivity contribution in [1.82, 2.24) is 5.32 Å². The van der Waals surface area contributed by atoms with Gasteiger partial charge in [-0.05, 0) is 17.7 Å². The molecular formula is C12H13NO6. The molecule has 0 aromatic heterocycles. The number of benzene rings is 1. The van der Waals surface area contributed by atoms with Crippen molar-refractivity contribution in [1.29, 1.82) is 0 Å². The molecule has 4 N–H and O–H groups in total. The van der Waals surface area contributed by atoms with Gasteiger partial charge in [0.15, 0.2) is 0 Å². The standard InChI is InChI=1S/C12H13NO6/c14-6-7-1-3-8(4-2-7)11(17)13-9(12(18)19)5-10(15)16/h1-4,9,14H,5-6H2,(H,13,17)(H,15,16)(H,18,19)/t9-/m1/s1. The second-order valence-corrected chi connectivity index (χ2v) is 3.82. The summed E-state index contributed by atoms with van der Waals surface area (Å²) in [4.78, 5) is 33.0. The van der Waals surface area contributed by atoms with Gasteiger partial charge in [-0.2, -0.15) is 0 Å². The Morgan fingerprint density at radius 3 is 2.11 bits per heavy atom. The molecule has 0 saturated carbocycles. The van der Waals surface area contributed by atoms with Crippen LogP contribution in [0.15, 0.2) is 24.3 Å². The van der Waals surface area contributed by atoms with Crippen LogP contribution in [0.25, 0.3) is 0 Å². The topological polar surface area (TPSA) is 124 Å². The van der Waals surface area contributed by atoms with E-state index < -0.39 is 30.3 Å². The Hall–Kier alpha value is -2.41. The molecule has 7 nitrogen and oxygen atoms in total. The highest BCUT2D eigenvalue weighted by Crippen LogP contribution is 2.05. The normalized spacial score (nSPS) is 11.6. The van der Waals surface area contributed by atoms with Crippen LogP contribution < -0.4 is 5.32 Å². The number of aliphatic hydroxyl groups excluding tert-OH is 1. The number of rotatable bonds is 6. The zero-order valence-electron chi connectivity index (χ0n) is 9.87. The van der Waals surface area contributed by atoms with Gasteiger partial charge < -0.3 is 20.6 Å². The predicted octanol–water partition coefficient (Wildman–Crippen LogP) is -0.163. The minimum Gasteiger partial charge on any atom is -0.481 e. The Morgan fingerprint density at radius 1 is 1.11 bits per heavy atom. The third-order valence-electron chi connectivity index (χ3n) is 2.38. The molecule has 0 saturated heterocycles. The van der Waals surface area contributed by atoms with Crippen molar-refractivity contribution >= 4 is 17.8 Å². The van der Waals surface area contributed by atoms with E-state index in [0.717, 1.165) is 0 Å². The Bertz CT molecular complexity index is 481. The number of hydrogen-bond acceptors (Lipinski definition) is 4. The van der Waals surface area contributed by atoms with Crippen molar-refractivity contribution in [3.05, 3.63) is 35.4 Å². The molecule has 1 aromatic carbocycles. The number of carboxylic acids is 2. The maximum Gasteiger partial charge on any atom is 0.326 e. The van der Waals surface area contributed by atoms with Crippen molar-refractivity contribution in [3.8, 4) is 0 Å². The van der Waals surface area contributed by atoms with Crippen LogP contribution in [-0.4, -0.2) is 39.2 Å². The van der Waals surface area contributed by atoms with Crippen LogP contribution in [0.5, 0.6) is 0 Å². The summed E-state index contributed by atoms with van der Waals surface area (Å²) >= 11 is 0. The number of aliphatic hydroxyl groups is 1. The average Bonchev–Trinajstić information content (AvgIpc) is 2.37. The van der Waals surface area contributed by atoms with E-state index >= 15 is 0 Å². The summed E-state index contributed by atoms with van der Waals surface area (Å²) in [5, 5.41) is 28.3. The number of aliphatic carboxylic acids is 2. The molecule has 0 aliphatic rings. The van der Waals surface area contributed by atoms with Gasteiger partial charge in [0.05, 0.1) is 13.0 Å². The SMILES string of the molecule is O=C(O)C[C@@H](NC(=O)c1ccc(CO)cc1)C(=O)O. The van der Waals surface area contributed by atoms with Gasteiger partial charge in [0.25, 0.3) is 5.91 Å². The van der Waals surface area contributed by atoms with Gasteiger partial charge in [0, 0.05) is 5.56 Å². The van der Waals surface area contributed by atoms with E-state index in [1.54, 1.807) is 0 Å². The molecule has 102 valence electrons. The van der Waals surface area contributed by atoms with Crippen LogP contribution in [-0.2, 0) is 16.2 Å². The van der Waals surface area contributed by atoms with Crippen LogP contribution >= 0.6 is 0 Å². The van der Waals surface area contributed by atoms with Crippen molar-refractivity contribution in [2.45, 2.75) is 19.1 Å². The van der Waals surface area contributed by atoms with E-state index in [1.165, 1.54) is 24.3 Å². The summed E-state index contributed by atoms with van der Waals surface area (Å²) in [6.07, 6.45) is -0.699. The van der Waals surface area contributed by atoms with Gasteiger partial charge >= 0.3 is 11.9 Å². The van der Waals surface area contributed by atoms with E-state index in [0.29, 0.717) is 5.56 Å². The first kappa shape index (κ1) is 14.7. The minimum atomic E-state index is -1.48. The van der Waals surface area contributed by atoms with Gasteiger partial charge in [-0.1, -0.05) is 12.1 Å². The molecule has 0 aliphatic heterocycles. The highest BCUT2D eigenvalue weighted by molar-refractivity contribution is 5.97. The second kappa shape index (κ2) is 6.50. The Kier molecular flexibility index (Phi) is 5.01. The summed E-state index contributed by atoms with van der Waals surface area (Å²) in [7, 11) is 0. The molecule has 0 spiro atoms. The highest BCUT2D eigenvalue weighted by Gasteiger charge is 2.23. The van der Waals surface area contributed by atoms with Crippen molar-refractivity contribution in [2.75, 3.05) is 0 Å². The van der Waals surface area contributed by atoms with Gasteiger partial charge in [-0.3, -0.25) is 9.59 Å². The molecule has 1 amide bonds. The van der Waals surface area contributed by atoms with E-state index in [4.69, 9.17) is 15.3 Å². The number of amides is 1. The lowest BCUT2D eigenvalue weighted by atomic mass is 10.1. The number of carbonyl (C=O) groups excluding carboxylic acids is 1. The third-order valence-corrected chi connectivity index (χ3v) is 2.38. The number of nitrogens with one attached hydrogen (secondary N) is 1. The van der Waals surface area contributed by atoms with Crippen LogP contribution in [0.4, 0.5) is 0 Å². The maximum atomic E-state index is 11.7. The van der Waals surface area contributed by atoms with E-state index in [1.807, 2.05) is 0 Å². The first-order valence-electron chi connectivity index (χ1n) is 5.39. The zero-order chi connectivity index (χ0) is 14.4. The quantitative estimate of drug-likeness (QED) is 0.567. The molecule has 0 fully saturated rings. The summed E-state index contributed by atoms with van der Waals surface area (Å²) in [5.74, 6) is -3.41. The lowest BCUT2D eigenvalue weighted by Crippen LogP contribution is -2.42. The molecule has 0 unspecified atom stereocenters. The summed E-state index contributed by atoms with van der Waals surface area (Å²) in [6.45, 7) is -0.168. The van der Waals surface area contributed by atoms with Gasteiger partial charge in [0.2, 0.25) is 0 Å². The lowest BCUT2D eigenvalue weighted by molar-refractivity contribution is -0.145. The molecule has 0 radical (unpaired) electrons. The molecule has 1 atom stereocenters. The van der Waals surface area contributed by atoms with Crippen LogP contribution in [0, 0.1) is 0 Å². The molecular weight excluding hydrogens is 254 g/mol. The van der Waals surface area contributed by atoms with Gasteiger partial charge in [-0.25, -0.2) is 4.79 Å². The fourth-order valence-corrected chi connectivity index (χ4v) is 1.38. The summed E-state index contributed by atoms with van der Waals surface area (Å²) in [5.41, 5.74) is 0.797. The van der Waals surface area contributed by atoms with Crippen LogP contribution in [0.2, 0.25) is 0 Å². The van der Waals surface area contributed by atoms with Crippen LogP contribution in [0.1, 0.15) is 22.3 Å². The molecule has 1 rings (SSSR count). The average molecular weight is 267 g/mol. The van der Waals surface area contributed by atoms with Gasteiger partial charge in [-0.15, -0.1) is 0 Å². The molecule has 1 aromatic rings. The highest BCUT2D eigenvalue weighted by atomic mass is 16.4. The van der Waals surface area contributed by atoms with Crippen LogP contribution in [0.3, 0.4) is 0 Å². The van der Waals surface area contributed by atoms with Crippen molar-refractivity contribution in [2.24, 2.45) is 0 Å². The molecule has 7 heteroatoms. The fraction of sp³-hybridized carbons (Fsp3) is 0.250. The first-order chi connectivity index (χ1) is 8.93. The maximum absolute atomic E-state index is 11.7. The zero-order valence-corrected chi connectivity index (χ0v) is 9.87. The second-order valence-electron chi connectivity index (χ2n) is 3.82. The van der Waals surface area contributed by atoms with E-state index in [-0.39, 0.29) is 12.2 Å². The Morgan fingerprint density at radius 2 is 1.68 bits per heavy atom. The number of carbonyl (C=O) groups is 3. The fourth-order valence-electron chi connectivity index (χ4n) is 1.38. The minimum absolute atomic E-state index is 0.168. The largest absolute Gasteiger partial charge is 0.481 e. The predicted molar refractivity (Wildman–Crippen MR) is 63.5 cm³/mol. The van der Waals surface area contributed by atoms with Gasteiger partial charge in [0.1, 0.15) is 6.04 Å².